The van der Waals surface area contributed by atoms with E-state index in [1.807, 2.05) is 18.2 Å². The van der Waals surface area contributed by atoms with Gasteiger partial charge in [0.25, 0.3) is 0 Å². The molecule has 30 heavy (non-hydrogen) atoms. The molecule has 0 bridgehead atoms. The van der Waals surface area contributed by atoms with Crippen molar-refractivity contribution >= 4 is 46.4 Å². The van der Waals surface area contributed by atoms with Crippen LogP contribution in [0.5, 0.6) is 0 Å². The summed E-state index contributed by atoms with van der Waals surface area (Å²) in [5, 5.41) is 7.45. The molecular formula is C30H26. The standard InChI is InChI=1S/C30H26/c1-5-11-26-21(2)12-10-15-25(26)14-7-6-13-24-18-19-29-22(3)27-16-8-9-17-28(27)23(4)30(29)20-24/h5-20H,1-2H2,3-4H3/b13-6+,14-7+,26-11+. The van der Waals surface area contributed by atoms with Crippen molar-refractivity contribution in [2.24, 2.45) is 0 Å². The van der Waals surface area contributed by atoms with Crippen molar-refractivity contribution in [1.82, 2.24) is 0 Å². The van der Waals surface area contributed by atoms with Crippen molar-refractivity contribution in [2.45, 2.75) is 13.8 Å². The summed E-state index contributed by atoms with van der Waals surface area (Å²) in [5.41, 5.74) is 5.03. The third kappa shape index (κ3) is 3.65. The molecule has 0 amide bonds. The summed E-state index contributed by atoms with van der Waals surface area (Å²) in [6.45, 7) is 12.4. The maximum Gasteiger partial charge on any atom is -0.0118 e. The topological polar surface area (TPSA) is 0 Å². The maximum absolute atomic E-state index is 4.11. The van der Waals surface area contributed by atoms with E-state index in [1.165, 1.54) is 38.2 Å². The lowest BCUT2D eigenvalue weighted by atomic mass is 9.92. The molecule has 0 radical (unpaired) electrons. The van der Waals surface area contributed by atoms with Crippen molar-refractivity contribution < 1.29 is 0 Å². The average Bonchev–Trinajstić information content (AvgIpc) is 2.77. The first kappa shape index (κ1) is 19.7. The van der Waals surface area contributed by atoms with Crippen LogP contribution >= 0.6 is 0 Å². The van der Waals surface area contributed by atoms with Crippen LogP contribution in [-0.4, -0.2) is 0 Å². The first-order chi connectivity index (χ1) is 14.6. The Morgan fingerprint density at radius 2 is 1.37 bits per heavy atom. The third-order valence-electron chi connectivity index (χ3n) is 5.78. The lowest BCUT2D eigenvalue weighted by molar-refractivity contribution is 1.50. The zero-order valence-corrected chi connectivity index (χ0v) is 17.7. The van der Waals surface area contributed by atoms with Gasteiger partial charge in [0, 0.05) is 0 Å². The van der Waals surface area contributed by atoms with Gasteiger partial charge >= 0.3 is 0 Å². The summed E-state index contributed by atoms with van der Waals surface area (Å²) < 4.78 is 0. The maximum atomic E-state index is 4.11. The fraction of sp³-hybridized carbons (Fsp3) is 0.0667. The molecule has 0 heterocycles. The molecule has 0 unspecified atom stereocenters. The molecule has 0 aliphatic carbocycles. The predicted molar refractivity (Wildman–Crippen MR) is 135 cm³/mol. The van der Waals surface area contributed by atoms with Crippen LogP contribution in [-0.2, 0) is 0 Å². The van der Waals surface area contributed by atoms with Gasteiger partial charge in [-0.25, -0.2) is 0 Å². The van der Waals surface area contributed by atoms with Crippen molar-refractivity contribution in [1.29, 1.82) is 0 Å². The lowest BCUT2D eigenvalue weighted by Crippen LogP contribution is -2.24. The highest BCUT2D eigenvalue weighted by atomic mass is 14.1. The Hall–Kier alpha value is -3.64. The summed E-state index contributed by atoms with van der Waals surface area (Å²) in [4.78, 5) is 0. The van der Waals surface area contributed by atoms with Gasteiger partial charge in [-0.3, -0.25) is 0 Å². The van der Waals surface area contributed by atoms with Gasteiger partial charge in [-0.05, 0) is 74.1 Å². The molecule has 4 rings (SSSR count). The third-order valence-corrected chi connectivity index (χ3v) is 5.78. The molecule has 4 aromatic carbocycles. The van der Waals surface area contributed by atoms with Crippen LogP contribution in [0.4, 0.5) is 0 Å². The predicted octanol–water partition coefficient (Wildman–Crippen LogP) is 6.71. The fourth-order valence-electron chi connectivity index (χ4n) is 4.16. The van der Waals surface area contributed by atoms with Gasteiger partial charge in [0.05, 0.1) is 0 Å². The van der Waals surface area contributed by atoms with E-state index in [0.29, 0.717) is 0 Å². The van der Waals surface area contributed by atoms with Gasteiger partial charge in [0.1, 0.15) is 0 Å². The molecule has 0 aromatic heterocycles. The highest BCUT2D eigenvalue weighted by Crippen LogP contribution is 2.32. The van der Waals surface area contributed by atoms with Crippen molar-refractivity contribution in [3.8, 4) is 0 Å². The van der Waals surface area contributed by atoms with Gasteiger partial charge in [-0.15, -0.1) is 0 Å². The largest absolute Gasteiger partial charge is 0.0990 e. The van der Waals surface area contributed by atoms with Gasteiger partial charge in [0.15, 0.2) is 0 Å². The Morgan fingerprint density at radius 1 is 0.700 bits per heavy atom. The summed E-state index contributed by atoms with van der Waals surface area (Å²) in [6, 6.07) is 21.6. The Kier molecular flexibility index (Phi) is 5.50. The summed E-state index contributed by atoms with van der Waals surface area (Å²) in [6.07, 6.45) is 12.3. The van der Waals surface area contributed by atoms with E-state index in [9.17, 15) is 0 Å². The molecule has 0 nitrogen and oxygen atoms in total. The van der Waals surface area contributed by atoms with Gasteiger partial charge in [0.2, 0.25) is 0 Å². The number of aryl methyl sites for hydroxylation is 2. The lowest BCUT2D eigenvalue weighted by Gasteiger charge is -2.12. The van der Waals surface area contributed by atoms with Crippen LogP contribution in [0.15, 0.2) is 85.5 Å². The normalized spacial score (nSPS) is 12.5. The molecule has 0 aliphatic heterocycles. The van der Waals surface area contributed by atoms with Gasteiger partial charge in [-0.1, -0.05) is 104 Å². The smallest absolute Gasteiger partial charge is 0.0118 e. The second kappa shape index (κ2) is 8.39. The first-order valence-corrected chi connectivity index (χ1v) is 10.3. The van der Waals surface area contributed by atoms with E-state index in [-0.39, 0.29) is 0 Å². The number of hydrogen-bond acceptors (Lipinski definition) is 0. The second-order valence-electron chi connectivity index (χ2n) is 7.64. The zero-order chi connectivity index (χ0) is 21.1. The molecule has 0 heteroatoms. The van der Waals surface area contributed by atoms with E-state index in [4.69, 9.17) is 0 Å². The Morgan fingerprint density at radius 3 is 2.10 bits per heavy atom. The minimum atomic E-state index is 1.01. The van der Waals surface area contributed by atoms with Crippen LogP contribution in [0.25, 0.3) is 46.4 Å². The highest BCUT2D eigenvalue weighted by Gasteiger charge is 2.08. The highest BCUT2D eigenvalue weighted by molar-refractivity contribution is 6.05. The van der Waals surface area contributed by atoms with Gasteiger partial charge in [-0.2, -0.15) is 0 Å². The summed E-state index contributed by atoms with van der Waals surface area (Å²) >= 11 is 0. The summed E-state index contributed by atoms with van der Waals surface area (Å²) in [5.74, 6) is 0. The molecule has 4 aromatic rings. The quantitative estimate of drug-likeness (QED) is 0.270. The SMILES string of the molecule is C=C/C=c1/c(/C=C/C=C/c2ccc3c(C)c4ccccc4c(C)c3c2)cccc1=C. The van der Waals surface area contributed by atoms with E-state index in [2.05, 4.69) is 99.8 Å². The number of rotatable bonds is 4. The Labute approximate surface area is 178 Å². The molecule has 0 spiro atoms. The second-order valence-corrected chi connectivity index (χ2v) is 7.64. The van der Waals surface area contributed by atoms with E-state index in [0.717, 1.165) is 16.0 Å². The van der Waals surface area contributed by atoms with Crippen LogP contribution in [0, 0.1) is 13.8 Å². The zero-order valence-electron chi connectivity index (χ0n) is 17.7. The van der Waals surface area contributed by atoms with Crippen molar-refractivity contribution in [3.63, 3.8) is 0 Å². The minimum Gasteiger partial charge on any atom is -0.0990 e. The number of fused-ring (bicyclic) bond motifs is 2. The van der Waals surface area contributed by atoms with E-state index in [1.54, 1.807) is 6.08 Å². The molecule has 0 aliphatic rings. The summed E-state index contributed by atoms with van der Waals surface area (Å²) in [7, 11) is 0. The van der Waals surface area contributed by atoms with Crippen LogP contribution in [0.1, 0.15) is 22.3 Å². The number of allylic oxidation sites excluding steroid dienone is 3. The Balaban J connectivity index is 1.70. The van der Waals surface area contributed by atoms with Crippen LogP contribution < -0.4 is 10.4 Å². The minimum absolute atomic E-state index is 1.01. The fourth-order valence-corrected chi connectivity index (χ4v) is 4.16. The molecule has 0 atom stereocenters. The molecule has 0 fully saturated rings. The first-order valence-electron chi connectivity index (χ1n) is 10.3. The Bertz CT molecular complexity index is 1430. The van der Waals surface area contributed by atoms with Crippen LogP contribution in [0.2, 0.25) is 0 Å². The van der Waals surface area contributed by atoms with E-state index < -0.39 is 0 Å². The monoisotopic (exact) mass is 386 g/mol. The van der Waals surface area contributed by atoms with Gasteiger partial charge < -0.3 is 0 Å². The molecular weight excluding hydrogens is 360 g/mol. The molecule has 0 saturated heterocycles. The number of benzene rings is 4. The molecule has 0 N–H and O–H groups in total. The van der Waals surface area contributed by atoms with E-state index >= 15 is 0 Å². The molecule has 146 valence electrons. The number of hydrogen-bond donors (Lipinski definition) is 0. The van der Waals surface area contributed by atoms with Crippen molar-refractivity contribution in [3.05, 3.63) is 118 Å². The van der Waals surface area contributed by atoms with Crippen molar-refractivity contribution in [2.75, 3.05) is 0 Å². The molecule has 0 saturated carbocycles. The van der Waals surface area contributed by atoms with Crippen LogP contribution in [0.3, 0.4) is 0 Å². The average molecular weight is 387 g/mol.